The van der Waals surface area contributed by atoms with Crippen molar-refractivity contribution < 1.29 is 4.79 Å². The van der Waals surface area contributed by atoms with Gasteiger partial charge in [0.1, 0.15) is 0 Å². The molecular formula is C12H16BrN3O. The molecule has 4 nitrogen and oxygen atoms in total. The molecule has 0 aromatic heterocycles. The maximum absolute atomic E-state index is 11.1. The van der Waals surface area contributed by atoms with Gasteiger partial charge in [-0.25, -0.2) is 0 Å². The van der Waals surface area contributed by atoms with Gasteiger partial charge in [0.15, 0.2) is 0 Å². The molecule has 1 aromatic carbocycles. The van der Waals surface area contributed by atoms with Crippen LogP contribution >= 0.6 is 15.9 Å². The van der Waals surface area contributed by atoms with Crippen molar-refractivity contribution in [2.75, 3.05) is 18.0 Å². The Kier molecular flexibility index (Phi) is 3.69. The van der Waals surface area contributed by atoms with Gasteiger partial charge in [-0.1, -0.05) is 6.07 Å². The summed E-state index contributed by atoms with van der Waals surface area (Å²) in [5, 5.41) is 0. The number of halogens is 1. The number of rotatable bonds is 3. The lowest BCUT2D eigenvalue weighted by molar-refractivity contribution is -0.121. The van der Waals surface area contributed by atoms with Crippen LogP contribution in [0.5, 0.6) is 0 Å². The Hall–Kier alpha value is -1.07. The second-order valence-corrected chi connectivity index (χ2v) is 5.18. The molecule has 0 radical (unpaired) electrons. The van der Waals surface area contributed by atoms with Crippen molar-refractivity contribution >= 4 is 27.5 Å². The number of nitrogens with two attached hydrogens (primary N) is 2. The largest absolute Gasteiger partial charge is 0.370 e. The minimum Gasteiger partial charge on any atom is -0.370 e. The fourth-order valence-electron chi connectivity index (χ4n) is 2.15. The number of benzene rings is 1. The molecule has 1 saturated heterocycles. The Balaban J connectivity index is 2.16. The number of anilines is 1. The van der Waals surface area contributed by atoms with E-state index < -0.39 is 0 Å². The quantitative estimate of drug-likeness (QED) is 0.881. The predicted molar refractivity (Wildman–Crippen MR) is 71.5 cm³/mol. The van der Waals surface area contributed by atoms with Crippen LogP contribution in [0, 0.1) is 5.92 Å². The van der Waals surface area contributed by atoms with Gasteiger partial charge in [-0.15, -0.1) is 0 Å². The van der Waals surface area contributed by atoms with Gasteiger partial charge in [-0.2, -0.15) is 0 Å². The average Bonchev–Trinajstić information content (AvgIpc) is 2.78. The number of hydrogen-bond acceptors (Lipinski definition) is 3. The van der Waals surface area contributed by atoms with Crippen molar-refractivity contribution in [1.29, 1.82) is 0 Å². The van der Waals surface area contributed by atoms with E-state index >= 15 is 0 Å². The molecule has 1 aromatic rings. The molecule has 1 amide bonds. The second-order valence-electron chi connectivity index (χ2n) is 4.32. The van der Waals surface area contributed by atoms with Gasteiger partial charge in [0, 0.05) is 24.1 Å². The third-order valence-electron chi connectivity index (χ3n) is 3.18. The van der Waals surface area contributed by atoms with Gasteiger partial charge >= 0.3 is 0 Å². The molecule has 1 aliphatic rings. The molecule has 1 unspecified atom stereocenters. The first-order valence-corrected chi connectivity index (χ1v) is 6.44. The third-order valence-corrected chi connectivity index (χ3v) is 3.81. The summed E-state index contributed by atoms with van der Waals surface area (Å²) < 4.78 is 1.02. The van der Waals surface area contributed by atoms with E-state index in [0.29, 0.717) is 13.1 Å². The monoisotopic (exact) mass is 297 g/mol. The number of carbonyl (C=O) groups is 1. The summed E-state index contributed by atoms with van der Waals surface area (Å²) in [6.07, 6.45) is 0.834. The minimum atomic E-state index is -0.206. The van der Waals surface area contributed by atoms with Crippen molar-refractivity contribution in [3.63, 3.8) is 0 Å². The molecule has 0 aliphatic carbocycles. The molecule has 1 heterocycles. The van der Waals surface area contributed by atoms with Gasteiger partial charge in [0.05, 0.1) is 11.6 Å². The molecule has 0 saturated carbocycles. The molecule has 2 rings (SSSR count). The molecule has 5 heteroatoms. The Labute approximate surface area is 109 Å². The SMILES string of the molecule is NCc1ccc(N2CCC(C(N)=O)C2)c(Br)c1. The summed E-state index contributed by atoms with van der Waals surface area (Å²) in [6, 6.07) is 6.07. The summed E-state index contributed by atoms with van der Waals surface area (Å²) in [5.41, 5.74) is 13.1. The van der Waals surface area contributed by atoms with E-state index in [2.05, 4.69) is 20.8 Å². The molecule has 0 spiro atoms. The number of amides is 1. The van der Waals surface area contributed by atoms with Crippen molar-refractivity contribution in [2.45, 2.75) is 13.0 Å². The summed E-state index contributed by atoms with van der Waals surface area (Å²) in [7, 11) is 0. The lowest BCUT2D eigenvalue weighted by atomic mass is 10.1. The Morgan fingerprint density at radius 1 is 1.53 bits per heavy atom. The topological polar surface area (TPSA) is 72.3 Å². The first kappa shape index (κ1) is 12.4. The summed E-state index contributed by atoms with van der Waals surface area (Å²) in [4.78, 5) is 13.3. The summed E-state index contributed by atoms with van der Waals surface area (Å²) in [6.45, 7) is 2.10. The van der Waals surface area contributed by atoms with Gasteiger partial charge in [0.25, 0.3) is 0 Å². The summed E-state index contributed by atoms with van der Waals surface area (Å²) >= 11 is 3.54. The van der Waals surface area contributed by atoms with Crippen LogP contribution in [0.2, 0.25) is 0 Å². The van der Waals surface area contributed by atoms with E-state index in [0.717, 1.165) is 28.7 Å². The van der Waals surface area contributed by atoms with Gasteiger partial charge < -0.3 is 16.4 Å². The van der Waals surface area contributed by atoms with E-state index in [1.807, 2.05) is 18.2 Å². The Morgan fingerprint density at radius 2 is 2.29 bits per heavy atom. The van der Waals surface area contributed by atoms with Gasteiger partial charge in [-0.05, 0) is 40.0 Å². The molecular weight excluding hydrogens is 282 g/mol. The maximum Gasteiger partial charge on any atom is 0.222 e. The molecule has 1 fully saturated rings. The number of hydrogen-bond donors (Lipinski definition) is 2. The van der Waals surface area contributed by atoms with Crippen LogP contribution in [0.3, 0.4) is 0 Å². The number of carbonyl (C=O) groups excluding carboxylic acids is 1. The smallest absolute Gasteiger partial charge is 0.222 e. The molecule has 1 aliphatic heterocycles. The Morgan fingerprint density at radius 3 is 2.82 bits per heavy atom. The molecule has 1 atom stereocenters. The Bertz CT molecular complexity index is 436. The molecule has 0 bridgehead atoms. The molecule has 4 N–H and O–H groups in total. The van der Waals surface area contributed by atoms with E-state index in [-0.39, 0.29) is 11.8 Å². The van der Waals surface area contributed by atoms with Crippen LogP contribution < -0.4 is 16.4 Å². The zero-order valence-electron chi connectivity index (χ0n) is 9.53. The fraction of sp³-hybridized carbons (Fsp3) is 0.417. The van der Waals surface area contributed by atoms with E-state index in [1.54, 1.807) is 0 Å². The normalized spacial score (nSPS) is 19.6. The zero-order chi connectivity index (χ0) is 12.4. The molecule has 92 valence electrons. The molecule has 17 heavy (non-hydrogen) atoms. The van der Waals surface area contributed by atoms with Crippen LogP contribution in [0.1, 0.15) is 12.0 Å². The van der Waals surface area contributed by atoms with E-state index in [9.17, 15) is 4.79 Å². The lowest BCUT2D eigenvalue weighted by Gasteiger charge is -2.20. The third kappa shape index (κ3) is 2.61. The zero-order valence-corrected chi connectivity index (χ0v) is 11.1. The maximum atomic E-state index is 11.1. The minimum absolute atomic E-state index is 0.0314. The highest BCUT2D eigenvalue weighted by Crippen LogP contribution is 2.31. The van der Waals surface area contributed by atoms with Gasteiger partial charge in [-0.3, -0.25) is 4.79 Å². The number of nitrogens with zero attached hydrogens (tertiary/aromatic N) is 1. The van der Waals surface area contributed by atoms with Crippen LogP contribution in [0.4, 0.5) is 5.69 Å². The average molecular weight is 298 g/mol. The fourth-order valence-corrected chi connectivity index (χ4v) is 2.82. The van der Waals surface area contributed by atoms with Crippen LogP contribution in [-0.2, 0) is 11.3 Å². The van der Waals surface area contributed by atoms with Gasteiger partial charge in [0.2, 0.25) is 5.91 Å². The highest BCUT2D eigenvalue weighted by molar-refractivity contribution is 9.10. The standard InChI is InChI=1S/C12H16BrN3O/c13-10-5-8(6-14)1-2-11(10)16-4-3-9(7-16)12(15)17/h1-2,5,9H,3-4,6-7,14H2,(H2,15,17). The second kappa shape index (κ2) is 5.06. The highest BCUT2D eigenvalue weighted by Gasteiger charge is 2.27. The highest BCUT2D eigenvalue weighted by atomic mass is 79.9. The first-order valence-electron chi connectivity index (χ1n) is 5.64. The lowest BCUT2D eigenvalue weighted by Crippen LogP contribution is -2.27. The van der Waals surface area contributed by atoms with Crippen molar-refractivity contribution in [3.8, 4) is 0 Å². The summed E-state index contributed by atoms with van der Waals surface area (Å²) in [5.74, 6) is -0.238. The van der Waals surface area contributed by atoms with Crippen LogP contribution in [0.15, 0.2) is 22.7 Å². The van der Waals surface area contributed by atoms with Crippen LogP contribution in [-0.4, -0.2) is 19.0 Å². The predicted octanol–water partition coefficient (Wildman–Crippen LogP) is 1.22. The van der Waals surface area contributed by atoms with Crippen LogP contribution in [0.25, 0.3) is 0 Å². The number of primary amides is 1. The van der Waals surface area contributed by atoms with E-state index in [4.69, 9.17) is 11.5 Å². The van der Waals surface area contributed by atoms with E-state index in [1.165, 1.54) is 0 Å². The first-order chi connectivity index (χ1) is 8.11. The van der Waals surface area contributed by atoms with Crippen molar-refractivity contribution in [1.82, 2.24) is 0 Å². The van der Waals surface area contributed by atoms with Crippen molar-refractivity contribution in [3.05, 3.63) is 28.2 Å². The van der Waals surface area contributed by atoms with Crippen molar-refractivity contribution in [2.24, 2.45) is 17.4 Å².